The molecule has 23 heavy (non-hydrogen) atoms. The van der Waals surface area contributed by atoms with Crippen molar-refractivity contribution in [3.05, 3.63) is 62.4 Å². The van der Waals surface area contributed by atoms with E-state index < -0.39 is 0 Å². The third kappa shape index (κ3) is 3.16. The van der Waals surface area contributed by atoms with Crippen molar-refractivity contribution in [2.24, 2.45) is 4.99 Å². The number of hydrogen-bond acceptors (Lipinski definition) is 2. The molecule has 5 heteroatoms. The second-order valence-corrected chi connectivity index (χ2v) is 7.40. The number of halogens is 1. The minimum absolute atomic E-state index is 0.181. The molecule has 0 atom stereocenters. The Hall–Kier alpha value is -1.72. The molecule has 3 nitrogen and oxygen atoms in total. The van der Waals surface area contributed by atoms with E-state index in [4.69, 9.17) is 0 Å². The van der Waals surface area contributed by atoms with Crippen LogP contribution in [0.4, 0.5) is 0 Å². The number of aromatic nitrogens is 1. The second-order valence-electron chi connectivity index (χ2n) is 5.48. The van der Waals surface area contributed by atoms with Gasteiger partial charge in [0.25, 0.3) is 5.91 Å². The zero-order valence-electron chi connectivity index (χ0n) is 13.3. The van der Waals surface area contributed by atoms with Gasteiger partial charge < -0.3 is 4.57 Å². The van der Waals surface area contributed by atoms with Crippen LogP contribution >= 0.6 is 27.3 Å². The largest absolute Gasteiger partial charge is 0.317 e. The molecule has 0 saturated heterocycles. The molecule has 0 fully saturated rings. The Morgan fingerprint density at radius 3 is 2.74 bits per heavy atom. The van der Waals surface area contributed by atoms with E-state index in [1.807, 2.05) is 38.1 Å². The Labute approximate surface area is 147 Å². The zero-order chi connectivity index (χ0) is 16.6. The van der Waals surface area contributed by atoms with E-state index in [-0.39, 0.29) is 5.91 Å². The first-order valence-electron chi connectivity index (χ1n) is 7.45. The van der Waals surface area contributed by atoms with E-state index in [2.05, 4.69) is 44.5 Å². The van der Waals surface area contributed by atoms with Crippen LogP contribution in [0.2, 0.25) is 0 Å². The molecule has 118 valence electrons. The fraction of sp³-hybridized carbons (Fsp3) is 0.222. The summed E-state index contributed by atoms with van der Waals surface area (Å²) in [5.41, 5.74) is 3.80. The monoisotopic (exact) mass is 388 g/mol. The number of thiazole rings is 1. The molecule has 0 N–H and O–H groups in total. The lowest BCUT2D eigenvalue weighted by Crippen LogP contribution is -2.16. The summed E-state index contributed by atoms with van der Waals surface area (Å²) < 4.78 is 4.23. The molecule has 1 amide bonds. The lowest BCUT2D eigenvalue weighted by Gasteiger charge is -2.03. The van der Waals surface area contributed by atoms with Crippen molar-refractivity contribution in [2.45, 2.75) is 27.3 Å². The SMILES string of the molecule is CCn1c(=NC(=O)c2cc(C)ccc2C)sc2cc(Br)ccc21. The van der Waals surface area contributed by atoms with Gasteiger partial charge in [0.15, 0.2) is 4.80 Å². The van der Waals surface area contributed by atoms with Crippen LogP contribution in [0, 0.1) is 13.8 Å². The van der Waals surface area contributed by atoms with Gasteiger partial charge in [0.2, 0.25) is 0 Å². The summed E-state index contributed by atoms with van der Waals surface area (Å²) in [7, 11) is 0. The van der Waals surface area contributed by atoms with E-state index in [9.17, 15) is 4.79 Å². The molecule has 0 unspecified atom stereocenters. The molecular formula is C18H17BrN2OS. The fourth-order valence-electron chi connectivity index (χ4n) is 2.55. The summed E-state index contributed by atoms with van der Waals surface area (Å²) in [6.07, 6.45) is 0. The average Bonchev–Trinajstić information content (AvgIpc) is 2.85. The van der Waals surface area contributed by atoms with E-state index >= 15 is 0 Å². The number of hydrogen-bond donors (Lipinski definition) is 0. The maximum atomic E-state index is 12.6. The number of carbonyl (C=O) groups excluding carboxylic acids is 1. The highest BCUT2D eigenvalue weighted by Crippen LogP contribution is 2.22. The molecule has 0 aliphatic rings. The Morgan fingerprint density at radius 2 is 2.00 bits per heavy atom. The summed E-state index contributed by atoms with van der Waals surface area (Å²) in [5, 5.41) is 0. The van der Waals surface area contributed by atoms with Gasteiger partial charge in [0, 0.05) is 16.6 Å². The van der Waals surface area contributed by atoms with Gasteiger partial charge in [0.05, 0.1) is 10.2 Å². The standard InChI is InChI=1S/C18H17BrN2OS/c1-4-21-15-8-7-13(19)10-16(15)23-18(21)20-17(22)14-9-11(2)5-6-12(14)3/h5-10H,4H2,1-3H3. The molecule has 1 heterocycles. The van der Waals surface area contributed by atoms with E-state index in [1.54, 1.807) is 11.3 Å². The second kappa shape index (κ2) is 6.42. The predicted octanol–water partition coefficient (Wildman–Crippen LogP) is 4.84. The van der Waals surface area contributed by atoms with Crippen molar-refractivity contribution in [2.75, 3.05) is 0 Å². The van der Waals surface area contributed by atoms with Crippen LogP contribution in [-0.2, 0) is 6.54 Å². The molecule has 1 aromatic heterocycles. The molecule has 0 radical (unpaired) electrons. The van der Waals surface area contributed by atoms with E-state index in [0.29, 0.717) is 5.56 Å². The van der Waals surface area contributed by atoms with Crippen LogP contribution in [0.1, 0.15) is 28.4 Å². The molecule has 0 aliphatic carbocycles. The summed E-state index contributed by atoms with van der Waals surface area (Å²) in [6, 6.07) is 12.0. The highest BCUT2D eigenvalue weighted by molar-refractivity contribution is 9.10. The fourth-order valence-corrected chi connectivity index (χ4v) is 4.20. The number of aryl methyl sites for hydroxylation is 3. The van der Waals surface area contributed by atoms with Gasteiger partial charge >= 0.3 is 0 Å². The third-order valence-corrected chi connectivity index (χ3v) is 5.32. The number of rotatable bonds is 2. The van der Waals surface area contributed by atoms with Crippen molar-refractivity contribution < 1.29 is 4.79 Å². The number of carbonyl (C=O) groups is 1. The summed E-state index contributed by atoms with van der Waals surface area (Å²) >= 11 is 5.03. The molecule has 3 rings (SSSR count). The molecule has 0 bridgehead atoms. The van der Waals surface area contributed by atoms with E-state index in [1.165, 1.54) is 0 Å². The van der Waals surface area contributed by atoms with Crippen LogP contribution in [-0.4, -0.2) is 10.5 Å². The van der Waals surface area contributed by atoms with Crippen molar-refractivity contribution in [3.8, 4) is 0 Å². The maximum absolute atomic E-state index is 12.6. The van der Waals surface area contributed by atoms with Gasteiger partial charge in [-0.1, -0.05) is 45.0 Å². The van der Waals surface area contributed by atoms with Crippen LogP contribution in [0.3, 0.4) is 0 Å². The number of amides is 1. The topological polar surface area (TPSA) is 34.4 Å². The predicted molar refractivity (Wildman–Crippen MR) is 99.0 cm³/mol. The third-order valence-electron chi connectivity index (χ3n) is 3.78. The minimum Gasteiger partial charge on any atom is -0.317 e. The quantitative estimate of drug-likeness (QED) is 0.617. The lowest BCUT2D eigenvalue weighted by molar-refractivity contribution is 0.0997. The van der Waals surface area contributed by atoms with Crippen molar-refractivity contribution in [1.29, 1.82) is 0 Å². The normalized spacial score (nSPS) is 12.1. The van der Waals surface area contributed by atoms with Gasteiger partial charge in [-0.2, -0.15) is 4.99 Å². The average molecular weight is 389 g/mol. The van der Waals surface area contributed by atoms with Crippen LogP contribution in [0.5, 0.6) is 0 Å². The first-order chi connectivity index (χ1) is 11.0. The summed E-state index contributed by atoms with van der Waals surface area (Å²) in [6.45, 7) is 6.77. The van der Waals surface area contributed by atoms with Crippen LogP contribution in [0.15, 0.2) is 45.9 Å². The van der Waals surface area contributed by atoms with Gasteiger partial charge in [0.1, 0.15) is 0 Å². The Morgan fingerprint density at radius 1 is 1.22 bits per heavy atom. The first-order valence-corrected chi connectivity index (χ1v) is 9.05. The summed E-state index contributed by atoms with van der Waals surface area (Å²) in [4.78, 5) is 17.8. The smallest absolute Gasteiger partial charge is 0.279 e. The molecular weight excluding hydrogens is 372 g/mol. The highest BCUT2D eigenvalue weighted by Gasteiger charge is 2.11. The maximum Gasteiger partial charge on any atom is 0.279 e. The minimum atomic E-state index is -0.181. The zero-order valence-corrected chi connectivity index (χ0v) is 15.7. The van der Waals surface area contributed by atoms with Gasteiger partial charge in [-0.15, -0.1) is 0 Å². The molecule has 0 aliphatic heterocycles. The lowest BCUT2D eigenvalue weighted by atomic mass is 10.1. The Balaban J connectivity index is 2.17. The molecule has 3 aromatic rings. The van der Waals surface area contributed by atoms with E-state index in [0.717, 1.165) is 37.2 Å². The van der Waals surface area contributed by atoms with Crippen LogP contribution < -0.4 is 4.80 Å². The van der Waals surface area contributed by atoms with Gasteiger partial charge in [-0.05, 0) is 50.6 Å². The van der Waals surface area contributed by atoms with Crippen molar-refractivity contribution in [1.82, 2.24) is 4.57 Å². The summed E-state index contributed by atoms with van der Waals surface area (Å²) in [5.74, 6) is -0.181. The number of nitrogens with zero attached hydrogens (tertiary/aromatic N) is 2. The first kappa shape index (κ1) is 16.1. The molecule has 0 spiro atoms. The van der Waals surface area contributed by atoms with Gasteiger partial charge in [-0.3, -0.25) is 4.79 Å². The number of fused-ring (bicyclic) bond motifs is 1. The molecule has 0 saturated carbocycles. The highest BCUT2D eigenvalue weighted by atomic mass is 79.9. The van der Waals surface area contributed by atoms with Crippen LogP contribution in [0.25, 0.3) is 10.2 Å². The molecule has 2 aromatic carbocycles. The van der Waals surface area contributed by atoms with Gasteiger partial charge in [-0.25, -0.2) is 0 Å². The number of benzene rings is 2. The Bertz CT molecular complexity index is 969. The Kier molecular flexibility index (Phi) is 4.50. The van der Waals surface area contributed by atoms with Crippen molar-refractivity contribution in [3.63, 3.8) is 0 Å². The van der Waals surface area contributed by atoms with Crippen molar-refractivity contribution >= 4 is 43.4 Å².